The summed E-state index contributed by atoms with van der Waals surface area (Å²) in [6.45, 7) is 4.39. The fourth-order valence-electron chi connectivity index (χ4n) is 2.72. The average Bonchev–Trinajstić information content (AvgIpc) is 3.02. The van der Waals surface area contributed by atoms with Gasteiger partial charge in [-0.3, -0.25) is 0 Å². The van der Waals surface area contributed by atoms with Gasteiger partial charge in [-0.2, -0.15) is 0 Å². The number of oxime groups is 1. The lowest BCUT2D eigenvalue weighted by molar-refractivity contribution is -0.142. The van der Waals surface area contributed by atoms with Crippen molar-refractivity contribution in [3.05, 3.63) is 76.9 Å². The molecular formula is C21H19BrN2O4. The van der Waals surface area contributed by atoms with Gasteiger partial charge in [0.05, 0.1) is 6.21 Å². The van der Waals surface area contributed by atoms with Gasteiger partial charge in [-0.05, 0) is 35.9 Å². The van der Waals surface area contributed by atoms with Gasteiger partial charge in [-0.25, -0.2) is 4.79 Å². The first kappa shape index (κ1) is 19.7. The van der Waals surface area contributed by atoms with Crippen molar-refractivity contribution in [3.63, 3.8) is 0 Å². The number of aromatic nitrogens is 1. The zero-order chi connectivity index (χ0) is 19.9. The fraction of sp³-hybridized carbons (Fsp3) is 0.143. The molecule has 3 rings (SSSR count). The Morgan fingerprint density at radius 2 is 2.04 bits per heavy atom. The number of fused-ring (bicyclic) bond motifs is 1. The first-order valence-electron chi connectivity index (χ1n) is 8.55. The third kappa shape index (κ3) is 5.01. The summed E-state index contributed by atoms with van der Waals surface area (Å²) >= 11 is 3.42. The van der Waals surface area contributed by atoms with E-state index in [1.54, 1.807) is 6.08 Å². The van der Waals surface area contributed by atoms with Crippen LogP contribution in [0.4, 0.5) is 0 Å². The highest BCUT2D eigenvalue weighted by molar-refractivity contribution is 9.10. The van der Waals surface area contributed by atoms with E-state index in [2.05, 4.69) is 27.7 Å². The Kier molecular flexibility index (Phi) is 6.49. The van der Waals surface area contributed by atoms with E-state index >= 15 is 0 Å². The van der Waals surface area contributed by atoms with Crippen molar-refractivity contribution >= 4 is 39.0 Å². The van der Waals surface area contributed by atoms with Crippen molar-refractivity contribution in [2.45, 2.75) is 13.2 Å². The molecule has 0 atom stereocenters. The fourth-order valence-corrected chi connectivity index (χ4v) is 2.98. The molecule has 0 aliphatic heterocycles. The summed E-state index contributed by atoms with van der Waals surface area (Å²) in [5.74, 6) is -0.345. The lowest BCUT2D eigenvalue weighted by atomic mass is 10.2. The first-order chi connectivity index (χ1) is 13.6. The number of carbonyl (C=O) groups is 1. The molecule has 0 unspecified atom stereocenters. The van der Waals surface area contributed by atoms with Gasteiger partial charge in [0.1, 0.15) is 12.4 Å². The van der Waals surface area contributed by atoms with Gasteiger partial charge >= 0.3 is 5.97 Å². The summed E-state index contributed by atoms with van der Waals surface area (Å²) < 4.78 is 8.97. The minimum Gasteiger partial charge on any atom is -0.489 e. The number of aliphatic carboxylic acids is 1. The third-order valence-corrected chi connectivity index (χ3v) is 4.51. The molecule has 1 heterocycles. The number of carboxylic acid groups (broad SMARTS) is 1. The molecule has 28 heavy (non-hydrogen) atoms. The molecule has 0 aliphatic carbocycles. The Morgan fingerprint density at radius 3 is 2.75 bits per heavy atom. The van der Waals surface area contributed by atoms with Crippen molar-refractivity contribution in [1.29, 1.82) is 0 Å². The molecule has 7 heteroatoms. The van der Waals surface area contributed by atoms with E-state index in [0.717, 1.165) is 32.3 Å². The summed E-state index contributed by atoms with van der Waals surface area (Å²) in [4.78, 5) is 15.3. The van der Waals surface area contributed by atoms with Crippen molar-refractivity contribution in [3.8, 4) is 5.75 Å². The van der Waals surface area contributed by atoms with Crippen LogP contribution in [0.2, 0.25) is 0 Å². The van der Waals surface area contributed by atoms with Crippen LogP contribution in [0.5, 0.6) is 5.75 Å². The normalized spacial score (nSPS) is 11.0. The summed E-state index contributed by atoms with van der Waals surface area (Å²) in [6.07, 6.45) is 5.22. The maximum absolute atomic E-state index is 10.5. The summed E-state index contributed by atoms with van der Waals surface area (Å²) in [7, 11) is 0. The molecule has 0 bridgehead atoms. The van der Waals surface area contributed by atoms with Crippen LogP contribution >= 0.6 is 15.9 Å². The van der Waals surface area contributed by atoms with Gasteiger partial charge in [0.15, 0.2) is 0 Å². The van der Waals surface area contributed by atoms with Crippen LogP contribution in [0.1, 0.15) is 11.1 Å². The van der Waals surface area contributed by atoms with E-state index in [4.69, 9.17) is 14.7 Å². The zero-order valence-corrected chi connectivity index (χ0v) is 16.6. The number of rotatable bonds is 9. The molecule has 1 N–H and O–H groups in total. The van der Waals surface area contributed by atoms with Crippen LogP contribution in [-0.4, -0.2) is 28.5 Å². The number of benzene rings is 2. The van der Waals surface area contributed by atoms with Gasteiger partial charge < -0.3 is 19.2 Å². The SMILES string of the molecule is C=CCn1cc(/C=N/OCC(=O)O)c2cc(OCc3ccc(Br)cc3)ccc21. The minimum atomic E-state index is -1.07. The van der Waals surface area contributed by atoms with Crippen molar-refractivity contribution < 1.29 is 19.5 Å². The third-order valence-electron chi connectivity index (χ3n) is 3.98. The first-order valence-corrected chi connectivity index (χ1v) is 9.34. The highest BCUT2D eigenvalue weighted by Crippen LogP contribution is 2.26. The van der Waals surface area contributed by atoms with Crippen LogP contribution in [0, 0.1) is 0 Å². The van der Waals surface area contributed by atoms with Gasteiger partial charge in [-0.1, -0.05) is 39.3 Å². The van der Waals surface area contributed by atoms with Crippen molar-refractivity contribution in [2.24, 2.45) is 5.16 Å². The van der Waals surface area contributed by atoms with Gasteiger partial charge in [-0.15, -0.1) is 6.58 Å². The van der Waals surface area contributed by atoms with Crippen LogP contribution < -0.4 is 4.74 Å². The second kappa shape index (κ2) is 9.23. The van der Waals surface area contributed by atoms with Gasteiger partial charge in [0.2, 0.25) is 6.61 Å². The van der Waals surface area contributed by atoms with Crippen LogP contribution in [-0.2, 0) is 22.8 Å². The maximum atomic E-state index is 10.5. The van der Waals surface area contributed by atoms with Crippen LogP contribution in [0.15, 0.2) is 70.9 Å². The molecule has 6 nitrogen and oxygen atoms in total. The molecule has 3 aromatic rings. The highest BCUT2D eigenvalue weighted by atomic mass is 79.9. The number of nitrogens with zero attached hydrogens (tertiary/aromatic N) is 2. The average molecular weight is 443 g/mol. The van der Waals surface area contributed by atoms with Crippen LogP contribution in [0.3, 0.4) is 0 Å². The molecular weight excluding hydrogens is 424 g/mol. The second-order valence-electron chi connectivity index (χ2n) is 6.02. The maximum Gasteiger partial charge on any atom is 0.344 e. The number of allylic oxidation sites excluding steroid dienone is 1. The van der Waals surface area contributed by atoms with Crippen LogP contribution in [0.25, 0.3) is 10.9 Å². The van der Waals surface area contributed by atoms with E-state index < -0.39 is 12.6 Å². The van der Waals surface area contributed by atoms with Crippen molar-refractivity contribution in [1.82, 2.24) is 4.57 Å². The smallest absolute Gasteiger partial charge is 0.344 e. The number of ether oxygens (including phenoxy) is 1. The molecule has 0 radical (unpaired) electrons. The van der Waals surface area contributed by atoms with E-state index in [-0.39, 0.29) is 0 Å². The molecule has 0 spiro atoms. The molecule has 1 aromatic heterocycles. The summed E-state index contributed by atoms with van der Waals surface area (Å²) in [5.41, 5.74) is 2.86. The van der Waals surface area contributed by atoms with E-state index in [1.807, 2.05) is 53.2 Å². The van der Waals surface area contributed by atoms with Gasteiger partial charge in [0, 0.05) is 33.7 Å². The summed E-state index contributed by atoms with van der Waals surface area (Å²) in [6, 6.07) is 13.8. The Labute approximate surface area is 170 Å². The quantitative estimate of drug-likeness (QED) is 0.298. The van der Waals surface area contributed by atoms with E-state index in [9.17, 15) is 4.79 Å². The lowest BCUT2D eigenvalue weighted by Gasteiger charge is -2.08. The number of hydrogen-bond acceptors (Lipinski definition) is 4. The molecule has 0 amide bonds. The molecule has 144 valence electrons. The zero-order valence-electron chi connectivity index (χ0n) is 15.0. The van der Waals surface area contributed by atoms with E-state index in [1.165, 1.54) is 6.21 Å². The monoisotopic (exact) mass is 442 g/mol. The van der Waals surface area contributed by atoms with Crippen molar-refractivity contribution in [2.75, 3.05) is 6.61 Å². The Hall–Kier alpha value is -3.06. The molecule has 2 aromatic carbocycles. The molecule has 0 saturated heterocycles. The minimum absolute atomic E-state index is 0.456. The second-order valence-corrected chi connectivity index (χ2v) is 6.94. The largest absolute Gasteiger partial charge is 0.489 e. The topological polar surface area (TPSA) is 73.1 Å². The number of carboxylic acids is 1. The summed E-state index contributed by atoms with van der Waals surface area (Å²) in [5, 5.41) is 13.3. The predicted octanol–water partition coefficient (Wildman–Crippen LogP) is 4.60. The molecule has 0 saturated carbocycles. The predicted molar refractivity (Wildman–Crippen MR) is 112 cm³/mol. The lowest BCUT2D eigenvalue weighted by Crippen LogP contribution is -2.03. The standard InChI is InChI=1S/C21H19BrN2O4/c1-2-9-24-12-16(11-23-28-14-21(25)26)19-10-18(7-8-20(19)24)27-13-15-3-5-17(22)6-4-15/h2-8,10-12H,1,9,13-14H2,(H,25,26)/b23-11+. The Balaban J connectivity index is 1.83. The Bertz CT molecular complexity index is 1010. The molecule has 0 aliphatic rings. The van der Waals surface area contributed by atoms with Gasteiger partial charge in [0.25, 0.3) is 0 Å². The molecule has 0 fully saturated rings. The number of hydrogen-bond donors (Lipinski definition) is 1. The Morgan fingerprint density at radius 1 is 1.25 bits per heavy atom. The number of halogens is 1. The van der Waals surface area contributed by atoms with E-state index in [0.29, 0.717) is 13.2 Å². The highest BCUT2D eigenvalue weighted by Gasteiger charge is 2.09.